The second kappa shape index (κ2) is 8.77. The lowest BCUT2D eigenvalue weighted by Gasteiger charge is -2.60. The average molecular weight is 451 g/mol. The first-order valence-corrected chi connectivity index (χ1v) is 12.1. The van der Waals surface area contributed by atoms with Gasteiger partial charge in [-0.05, 0) is 80.6 Å². The van der Waals surface area contributed by atoms with E-state index in [9.17, 15) is 19.2 Å². The molecule has 3 aliphatic rings. The first-order chi connectivity index (χ1) is 15.2. The fraction of sp³-hybridized carbons (Fsp3) is 0.586. The molecule has 3 fully saturated rings. The first kappa shape index (κ1) is 25.3. The Balaban J connectivity index is 1.90. The highest BCUT2D eigenvalue weighted by molar-refractivity contribution is 6.07. The highest BCUT2D eigenvalue weighted by atomic mass is 16.1. The number of hydrogen-bond acceptors (Lipinski definition) is 4. The molecule has 0 bridgehead atoms. The van der Waals surface area contributed by atoms with Crippen molar-refractivity contribution in [3.05, 3.63) is 47.1 Å². The smallest absolute Gasteiger partial charge is 0.181 e. The Labute approximate surface area is 198 Å². The monoisotopic (exact) mass is 450 g/mol. The summed E-state index contributed by atoms with van der Waals surface area (Å²) in [7, 11) is 0. The Kier molecular flexibility index (Phi) is 6.72. The highest BCUT2D eigenvalue weighted by Crippen LogP contribution is 2.68. The van der Waals surface area contributed by atoms with Crippen LogP contribution in [0.5, 0.6) is 0 Å². The molecule has 3 saturated carbocycles. The van der Waals surface area contributed by atoms with E-state index in [4.69, 9.17) is 0 Å². The van der Waals surface area contributed by atoms with Gasteiger partial charge in [-0.25, -0.2) is 0 Å². The van der Waals surface area contributed by atoms with Crippen molar-refractivity contribution in [2.24, 2.45) is 28.1 Å². The quantitative estimate of drug-likeness (QED) is 0.385. The number of fused-ring (bicyclic) bond motifs is 3. The van der Waals surface area contributed by atoms with E-state index in [0.717, 1.165) is 30.4 Å². The zero-order valence-corrected chi connectivity index (χ0v) is 21.2. The minimum absolute atomic E-state index is 0.0161. The Hall–Kier alpha value is -2.36. The van der Waals surface area contributed by atoms with Crippen LogP contribution in [0.1, 0.15) is 80.6 Å². The Bertz CT molecular complexity index is 1020. The predicted octanol–water partition coefficient (Wildman–Crippen LogP) is 5.92. The maximum atomic E-state index is 13.3. The molecule has 0 N–H and O–H groups in total. The normalized spacial score (nSPS) is 35.7. The van der Waals surface area contributed by atoms with Crippen LogP contribution in [0.15, 0.2) is 47.1 Å². The van der Waals surface area contributed by atoms with Crippen molar-refractivity contribution in [2.75, 3.05) is 0 Å². The summed E-state index contributed by atoms with van der Waals surface area (Å²) in [4.78, 5) is 49.1. The summed E-state index contributed by atoms with van der Waals surface area (Å²) in [6, 6.07) is 0. The van der Waals surface area contributed by atoms with Crippen LogP contribution in [0, 0.1) is 28.1 Å². The molecule has 4 atom stereocenters. The van der Waals surface area contributed by atoms with E-state index in [2.05, 4.69) is 27.7 Å². The van der Waals surface area contributed by atoms with E-state index in [1.807, 2.05) is 19.1 Å². The Morgan fingerprint density at radius 1 is 0.909 bits per heavy atom. The van der Waals surface area contributed by atoms with Gasteiger partial charge in [0, 0.05) is 29.2 Å². The lowest BCUT2D eigenvalue weighted by Crippen LogP contribution is -2.56. The molecule has 3 rings (SSSR count). The molecule has 0 aromatic rings. The van der Waals surface area contributed by atoms with Gasteiger partial charge in [0.15, 0.2) is 17.3 Å². The SMILES string of the molecule is CC(=O)/C=C/C(=O)/C(C)=C/C=C/C(C)=C1/C(=O)C[C@H]2[C@@]3(C)CCC(=O)C(C)(C)[C@@H]3CC[C@]12C. The number of ketones is 4. The van der Waals surface area contributed by atoms with Gasteiger partial charge in [-0.3, -0.25) is 19.2 Å². The molecule has 0 spiro atoms. The number of Topliss-reactive ketones (excluding diaryl/α,β-unsaturated/α-hetero) is 2. The van der Waals surface area contributed by atoms with Gasteiger partial charge in [0.05, 0.1) is 0 Å². The van der Waals surface area contributed by atoms with Crippen molar-refractivity contribution in [3.8, 4) is 0 Å². The molecule has 0 heterocycles. The highest BCUT2D eigenvalue weighted by Gasteiger charge is 2.64. The Morgan fingerprint density at radius 2 is 1.58 bits per heavy atom. The summed E-state index contributed by atoms with van der Waals surface area (Å²) in [5.74, 6) is 0.781. The minimum atomic E-state index is -0.329. The number of carbonyl (C=O) groups is 4. The molecule has 4 heteroatoms. The zero-order valence-electron chi connectivity index (χ0n) is 21.2. The molecule has 4 nitrogen and oxygen atoms in total. The van der Waals surface area contributed by atoms with Gasteiger partial charge in [0.1, 0.15) is 5.78 Å². The molecular weight excluding hydrogens is 412 g/mol. The maximum absolute atomic E-state index is 13.3. The van der Waals surface area contributed by atoms with Gasteiger partial charge >= 0.3 is 0 Å². The van der Waals surface area contributed by atoms with Gasteiger partial charge in [0.25, 0.3) is 0 Å². The van der Waals surface area contributed by atoms with Crippen molar-refractivity contribution < 1.29 is 19.2 Å². The van der Waals surface area contributed by atoms with Crippen molar-refractivity contribution in [3.63, 3.8) is 0 Å². The molecule has 0 aliphatic heterocycles. The summed E-state index contributed by atoms with van der Waals surface area (Å²) in [6.45, 7) is 13.9. The summed E-state index contributed by atoms with van der Waals surface area (Å²) in [5, 5.41) is 0. The van der Waals surface area contributed by atoms with Crippen LogP contribution in [0.4, 0.5) is 0 Å². The van der Waals surface area contributed by atoms with Crippen LogP contribution in [-0.4, -0.2) is 23.1 Å². The number of rotatable bonds is 5. The average Bonchev–Trinajstić information content (AvgIpc) is 3.00. The molecular formula is C29H38O4. The Morgan fingerprint density at radius 3 is 2.21 bits per heavy atom. The molecule has 0 unspecified atom stereocenters. The van der Waals surface area contributed by atoms with Gasteiger partial charge in [-0.15, -0.1) is 0 Å². The summed E-state index contributed by atoms with van der Waals surface area (Å²) < 4.78 is 0. The molecule has 0 aromatic heterocycles. The van der Waals surface area contributed by atoms with Gasteiger partial charge in [-0.1, -0.05) is 45.9 Å². The van der Waals surface area contributed by atoms with Crippen molar-refractivity contribution in [2.45, 2.75) is 80.6 Å². The number of carbonyl (C=O) groups excluding carboxylic acids is 4. The third-order valence-corrected chi connectivity index (χ3v) is 8.98. The number of hydrogen-bond donors (Lipinski definition) is 0. The molecule has 178 valence electrons. The molecule has 33 heavy (non-hydrogen) atoms. The van der Waals surface area contributed by atoms with Gasteiger partial charge in [0.2, 0.25) is 0 Å². The number of allylic oxidation sites excluding steroid dienone is 8. The zero-order chi connectivity index (χ0) is 24.8. The van der Waals surface area contributed by atoms with E-state index < -0.39 is 0 Å². The lowest BCUT2D eigenvalue weighted by atomic mass is 9.43. The second-order valence-corrected chi connectivity index (χ2v) is 11.4. The van der Waals surface area contributed by atoms with E-state index in [0.29, 0.717) is 30.1 Å². The fourth-order valence-electron chi connectivity index (χ4n) is 7.21. The molecule has 0 amide bonds. The topological polar surface area (TPSA) is 68.3 Å². The van der Waals surface area contributed by atoms with Crippen molar-refractivity contribution >= 4 is 23.1 Å². The molecule has 0 aromatic carbocycles. The van der Waals surface area contributed by atoms with E-state index in [1.54, 1.807) is 13.0 Å². The van der Waals surface area contributed by atoms with E-state index >= 15 is 0 Å². The first-order valence-electron chi connectivity index (χ1n) is 12.1. The van der Waals surface area contributed by atoms with Crippen LogP contribution in [0.3, 0.4) is 0 Å². The van der Waals surface area contributed by atoms with E-state index in [1.165, 1.54) is 19.1 Å². The largest absolute Gasteiger partial charge is 0.299 e. The van der Waals surface area contributed by atoms with Gasteiger partial charge in [-0.2, -0.15) is 0 Å². The van der Waals surface area contributed by atoms with Crippen molar-refractivity contribution in [1.82, 2.24) is 0 Å². The van der Waals surface area contributed by atoms with Crippen LogP contribution < -0.4 is 0 Å². The molecule has 3 aliphatic carbocycles. The molecule has 0 radical (unpaired) electrons. The lowest BCUT2D eigenvalue weighted by molar-refractivity contribution is -0.154. The van der Waals surface area contributed by atoms with Crippen LogP contribution in [0.2, 0.25) is 0 Å². The predicted molar refractivity (Wildman–Crippen MR) is 130 cm³/mol. The fourth-order valence-corrected chi connectivity index (χ4v) is 7.21. The summed E-state index contributed by atoms with van der Waals surface area (Å²) in [5.41, 5.74) is 1.88. The van der Waals surface area contributed by atoms with Crippen molar-refractivity contribution in [1.29, 1.82) is 0 Å². The third kappa shape index (κ3) is 4.29. The van der Waals surface area contributed by atoms with E-state index in [-0.39, 0.29) is 39.5 Å². The van der Waals surface area contributed by atoms with Crippen LogP contribution >= 0.6 is 0 Å². The summed E-state index contributed by atoms with van der Waals surface area (Å²) in [6.07, 6.45) is 11.9. The molecule has 0 saturated heterocycles. The maximum Gasteiger partial charge on any atom is 0.181 e. The minimum Gasteiger partial charge on any atom is -0.299 e. The van der Waals surface area contributed by atoms with Crippen LogP contribution in [0.25, 0.3) is 0 Å². The third-order valence-electron chi connectivity index (χ3n) is 8.98. The summed E-state index contributed by atoms with van der Waals surface area (Å²) >= 11 is 0. The van der Waals surface area contributed by atoms with Gasteiger partial charge < -0.3 is 0 Å². The van der Waals surface area contributed by atoms with Crippen LogP contribution in [-0.2, 0) is 19.2 Å². The standard InChI is InChI=1S/C29H38O4/c1-18(21(31)12-11-20(3)30)9-8-10-19(2)26-22(32)17-24-28(6)16-14-25(33)27(4,5)23(28)13-15-29(24,26)7/h8-12,23-24H,13-17H2,1-7H3/b10-8+,12-11+,18-9+,26-19-/t23-,24-,28-,29-/m0/s1. The second-order valence-electron chi connectivity index (χ2n) is 11.4.